The van der Waals surface area contributed by atoms with Crippen LogP contribution in [0.2, 0.25) is 0 Å². The number of nitrogens with two attached hydrogens (primary N) is 1. The molecule has 1 aliphatic rings. The zero-order valence-corrected chi connectivity index (χ0v) is 23.1. The van der Waals surface area contributed by atoms with Crippen LogP contribution < -0.4 is 21.3 Å². The third kappa shape index (κ3) is 9.65. The van der Waals surface area contributed by atoms with Gasteiger partial charge < -0.3 is 26.0 Å². The maximum atomic E-state index is 12.6. The first kappa shape index (κ1) is 30.0. The summed E-state index contributed by atoms with van der Waals surface area (Å²) in [5, 5.41) is 5.98. The van der Waals surface area contributed by atoms with Crippen molar-refractivity contribution in [2.75, 3.05) is 48.7 Å². The molecule has 0 unspecified atom stereocenters. The number of amides is 1. The number of rotatable bonds is 10. The van der Waals surface area contributed by atoms with Crippen molar-refractivity contribution in [2.24, 2.45) is 5.73 Å². The Morgan fingerprint density at radius 1 is 1.26 bits per heavy atom. The SMILES string of the molecule is C=C(N)O/C=C(\C)C(=O)Nc1cc(N2CCN(S(=O)(=O)CCNC(C)C)CC2)ccc1Br.CC. The predicted octanol–water partition coefficient (Wildman–Crippen LogP) is 3.21. The fourth-order valence-electron chi connectivity index (χ4n) is 3.07. The molecular weight excluding hydrogens is 522 g/mol. The van der Waals surface area contributed by atoms with Gasteiger partial charge in [0.15, 0.2) is 5.88 Å². The second kappa shape index (κ2) is 14.3. The fourth-order valence-corrected chi connectivity index (χ4v) is 4.77. The van der Waals surface area contributed by atoms with Crippen LogP contribution in [0.25, 0.3) is 0 Å². The van der Waals surface area contributed by atoms with E-state index in [0.717, 1.165) is 10.2 Å². The summed E-state index contributed by atoms with van der Waals surface area (Å²) in [6, 6.07) is 5.89. The molecule has 192 valence electrons. The maximum absolute atomic E-state index is 12.6. The van der Waals surface area contributed by atoms with Gasteiger partial charge in [0.2, 0.25) is 10.0 Å². The van der Waals surface area contributed by atoms with E-state index in [-0.39, 0.29) is 23.6 Å². The minimum atomic E-state index is -3.29. The van der Waals surface area contributed by atoms with Crippen molar-refractivity contribution >= 4 is 43.2 Å². The summed E-state index contributed by atoms with van der Waals surface area (Å²) in [4.78, 5) is 14.5. The molecule has 0 aliphatic carbocycles. The fraction of sp³-hybridized carbons (Fsp3) is 0.522. The lowest BCUT2D eigenvalue weighted by Crippen LogP contribution is -2.50. The summed E-state index contributed by atoms with van der Waals surface area (Å²) in [5.74, 6) is -0.249. The molecule has 0 radical (unpaired) electrons. The molecule has 9 nitrogen and oxygen atoms in total. The van der Waals surface area contributed by atoms with Gasteiger partial charge in [-0.1, -0.05) is 27.7 Å². The van der Waals surface area contributed by atoms with Gasteiger partial charge in [0, 0.05) is 54.5 Å². The number of sulfonamides is 1. The molecule has 0 atom stereocenters. The molecule has 1 fully saturated rings. The van der Waals surface area contributed by atoms with E-state index in [1.54, 1.807) is 11.2 Å². The number of nitrogens with zero attached hydrogens (tertiary/aromatic N) is 2. The average Bonchev–Trinajstić information content (AvgIpc) is 2.79. The molecule has 0 aromatic heterocycles. The van der Waals surface area contributed by atoms with Gasteiger partial charge >= 0.3 is 0 Å². The second-order valence-electron chi connectivity index (χ2n) is 7.81. The zero-order valence-electron chi connectivity index (χ0n) is 20.7. The van der Waals surface area contributed by atoms with Crippen molar-refractivity contribution in [3.8, 4) is 0 Å². The zero-order chi connectivity index (χ0) is 25.9. The molecule has 34 heavy (non-hydrogen) atoms. The molecule has 1 heterocycles. The monoisotopic (exact) mass is 559 g/mol. The third-order valence-electron chi connectivity index (χ3n) is 4.85. The second-order valence-corrected chi connectivity index (χ2v) is 10.8. The summed E-state index contributed by atoms with van der Waals surface area (Å²) in [5.41, 5.74) is 7.17. The van der Waals surface area contributed by atoms with Crippen LogP contribution in [0.15, 0.2) is 47.0 Å². The Morgan fingerprint density at radius 2 is 1.88 bits per heavy atom. The quantitative estimate of drug-likeness (QED) is 0.297. The smallest absolute Gasteiger partial charge is 0.254 e. The molecule has 2 rings (SSSR count). The Kier molecular flexibility index (Phi) is 12.6. The standard InChI is InChI=1S/C21H32BrN5O4S.C2H6/c1-15(2)24-7-12-32(29,30)27-10-8-26(9-11-27)18-5-6-19(22)20(13-18)25-21(28)16(3)14-31-17(4)23;1-2/h5-6,13-15,24H,4,7-12,23H2,1-3H3,(H,25,28);1-2H3/b16-14+;. The van der Waals surface area contributed by atoms with E-state index in [9.17, 15) is 13.2 Å². The number of halogens is 1. The number of nitrogens with one attached hydrogen (secondary N) is 2. The van der Waals surface area contributed by atoms with Gasteiger partial charge in [0.25, 0.3) is 5.91 Å². The largest absolute Gasteiger partial charge is 0.449 e. The van der Waals surface area contributed by atoms with E-state index < -0.39 is 10.0 Å². The summed E-state index contributed by atoms with van der Waals surface area (Å²) in [6.07, 6.45) is 1.24. The topological polar surface area (TPSA) is 117 Å². The molecule has 1 amide bonds. The molecule has 11 heteroatoms. The first-order valence-corrected chi connectivity index (χ1v) is 13.7. The number of hydrogen-bond acceptors (Lipinski definition) is 7. The van der Waals surface area contributed by atoms with Crippen molar-refractivity contribution in [2.45, 2.75) is 40.7 Å². The maximum Gasteiger partial charge on any atom is 0.254 e. The van der Waals surface area contributed by atoms with Crippen molar-refractivity contribution in [1.82, 2.24) is 9.62 Å². The minimum Gasteiger partial charge on any atom is -0.449 e. The highest BCUT2D eigenvalue weighted by Gasteiger charge is 2.27. The number of piperazine rings is 1. The van der Waals surface area contributed by atoms with Crippen LogP contribution in [0.5, 0.6) is 0 Å². The molecule has 0 bridgehead atoms. The van der Waals surface area contributed by atoms with E-state index in [0.29, 0.717) is 44.0 Å². The predicted molar refractivity (Wildman–Crippen MR) is 143 cm³/mol. The molecule has 0 spiro atoms. The first-order valence-electron chi connectivity index (χ1n) is 11.3. The highest BCUT2D eigenvalue weighted by molar-refractivity contribution is 9.10. The number of ether oxygens (including phenoxy) is 1. The lowest BCUT2D eigenvalue weighted by atomic mass is 10.2. The molecule has 4 N–H and O–H groups in total. The van der Waals surface area contributed by atoms with E-state index >= 15 is 0 Å². The van der Waals surface area contributed by atoms with E-state index in [1.807, 2.05) is 45.9 Å². The number of carbonyl (C=O) groups is 1. The van der Waals surface area contributed by atoms with Crippen molar-refractivity contribution in [3.05, 3.63) is 47.0 Å². The van der Waals surface area contributed by atoms with Gasteiger partial charge in [-0.2, -0.15) is 4.31 Å². The van der Waals surface area contributed by atoms with Crippen LogP contribution in [-0.2, 0) is 19.6 Å². The van der Waals surface area contributed by atoms with E-state index in [2.05, 4.69) is 38.0 Å². The van der Waals surface area contributed by atoms with Crippen LogP contribution in [-0.4, -0.2) is 63.1 Å². The van der Waals surface area contributed by atoms with Gasteiger partial charge in [-0.15, -0.1) is 0 Å². The Balaban J connectivity index is 0.00000281. The Bertz CT molecular complexity index is 958. The van der Waals surface area contributed by atoms with Crippen molar-refractivity contribution in [1.29, 1.82) is 0 Å². The van der Waals surface area contributed by atoms with Gasteiger partial charge in [0.05, 0.1) is 11.4 Å². The van der Waals surface area contributed by atoms with E-state index in [1.165, 1.54) is 6.26 Å². The summed E-state index contributed by atoms with van der Waals surface area (Å²) in [6.45, 7) is 15.4. The Hall–Kier alpha value is -2.08. The van der Waals surface area contributed by atoms with Gasteiger partial charge in [0.1, 0.15) is 6.26 Å². The molecular formula is C23H38BrN5O4S. The number of benzene rings is 1. The average molecular weight is 561 g/mol. The van der Waals surface area contributed by atoms with Crippen LogP contribution >= 0.6 is 15.9 Å². The lowest BCUT2D eigenvalue weighted by Gasteiger charge is -2.35. The summed E-state index contributed by atoms with van der Waals surface area (Å²) in [7, 11) is -3.29. The van der Waals surface area contributed by atoms with Crippen LogP contribution in [0, 0.1) is 0 Å². The van der Waals surface area contributed by atoms with Crippen molar-refractivity contribution in [3.63, 3.8) is 0 Å². The molecule has 1 aliphatic heterocycles. The van der Waals surface area contributed by atoms with Gasteiger partial charge in [-0.05, 0) is 47.6 Å². The highest BCUT2D eigenvalue weighted by Crippen LogP contribution is 2.29. The summed E-state index contributed by atoms with van der Waals surface area (Å²) >= 11 is 3.45. The van der Waals surface area contributed by atoms with Crippen LogP contribution in [0.4, 0.5) is 11.4 Å². The van der Waals surface area contributed by atoms with Gasteiger partial charge in [-0.25, -0.2) is 8.42 Å². The Labute approximate surface area is 212 Å². The molecule has 1 aromatic carbocycles. The summed E-state index contributed by atoms with van der Waals surface area (Å²) < 4.78 is 32.4. The van der Waals surface area contributed by atoms with Crippen LogP contribution in [0.3, 0.4) is 0 Å². The first-order chi connectivity index (χ1) is 16.0. The van der Waals surface area contributed by atoms with Gasteiger partial charge in [-0.3, -0.25) is 4.79 Å². The molecule has 1 aromatic rings. The number of anilines is 2. The number of hydrogen-bond donors (Lipinski definition) is 3. The van der Waals surface area contributed by atoms with E-state index in [4.69, 9.17) is 10.5 Å². The molecule has 0 saturated carbocycles. The molecule has 1 saturated heterocycles. The highest BCUT2D eigenvalue weighted by atomic mass is 79.9. The normalized spacial score (nSPS) is 14.9. The third-order valence-corrected chi connectivity index (χ3v) is 7.42. The lowest BCUT2D eigenvalue weighted by molar-refractivity contribution is -0.112. The van der Waals surface area contributed by atoms with Crippen molar-refractivity contribution < 1.29 is 17.9 Å². The minimum absolute atomic E-state index is 0.00216. The van der Waals surface area contributed by atoms with Crippen LogP contribution in [0.1, 0.15) is 34.6 Å². The number of carbonyl (C=O) groups excluding carboxylic acids is 1. The Morgan fingerprint density at radius 3 is 2.44 bits per heavy atom.